The van der Waals surface area contributed by atoms with Crippen LogP contribution in [0, 0.1) is 11.3 Å². The molecule has 1 heterocycles. The van der Waals surface area contributed by atoms with Gasteiger partial charge in [-0.05, 0) is 0 Å². The molecule has 0 spiro atoms. The number of halogens is 6. The van der Waals surface area contributed by atoms with Crippen LogP contribution in [0.3, 0.4) is 0 Å². The molecule has 5 nitrogen and oxygen atoms in total. The molecule has 1 aromatic heterocycles. The standard InChI is InChI=1S/C14H9Cl2F3N5.HI.Zn/c1-23(2)7-21-12-5-9(6-20)22-24(12)13-10(15)3-8(4-11(13)16)14(17,18)19;;/h3-4,7H,1-2H3;1H;/q;;+1/p-1. The van der Waals surface area contributed by atoms with E-state index in [-0.39, 0.29) is 21.4 Å². The third-order valence-corrected chi connectivity index (χ3v) is 9.63. The van der Waals surface area contributed by atoms with Crippen molar-refractivity contribution in [1.29, 1.82) is 5.26 Å². The van der Waals surface area contributed by atoms with Crippen molar-refractivity contribution in [3.8, 4) is 11.8 Å². The van der Waals surface area contributed by atoms with Crippen molar-refractivity contribution in [2.45, 2.75) is 6.18 Å². The van der Waals surface area contributed by atoms with Crippen LogP contribution in [0.5, 0.6) is 0 Å². The van der Waals surface area contributed by atoms with Crippen LogP contribution in [0.25, 0.3) is 5.69 Å². The van der Waals surface area contributed by atoms with Crippen molar-refractivity contribution in [3.05, 3.63) is 33.4 Å². The van der Waals surface area contributed by atoms with Crippen molar-refractivity contribution < 1.29 is 26.8 Å². The van der Waals surface area contributed by atoms with Crippen LogP contribution in [-0.4, -0.2) is 35.1 Å². The number of benzene rings is 1. The number of aromatic nitrogens is 2. The van der Waals surface area contributed by atoms with E-state index >= 15 is 0 Å². The first-order valence-corrected chi connectivity index (χ1v) is 18.2. The molecule has 2 aromatic rings. The van der Waals surface area contributed by atoms with Crippen LogP contribution in [0.1, 0.15) is 11.3 Å². The zero-order valence-electron chi connectivity index (χ0n) is 13.4. The second-order valence-electron chi connectivity index (χ2n) is 5.30. The third kappa shape index (κ3) is 4.50. The SMILES string of the molecule is CN(C)C=Nc1[c]([Zn][I])c(C#N)nn1-c1c(Cl)cc(C(F)(F)F)cc1Cl. The van der Waals surface area contributed by atoms with E-state index in [1.807, 2.05) is 6.07 Å². The molecule has 0 unspecified atom stereocenters. The van der Waals surface area contributed by atoms with Crippen molar-refractivity contribution in [2.24, 2.45) is 4.99 Å². The summed E-state index contributed by atoms with van der Waals surface area (Å²) in [6.45, 7) is 0. The molecular formula is C14H9Cl2F3IN5Zn. The molecule has 0 N–H and O–H groups in total. The van der Waals surface area contributed by atoms with Crippen LogP contribution in [0.15, 0.2) is 17.1 Å². The fraction of sp³-hybridized carbons (Fsp3) is 0.214. The van der Waals surface area contributed by atoms with E-state index in [4.69, 9.17) is 23.2 Å². The number of hydrogen-bond donors (Lipinski definition) is 0. The maximum absolute atomic E-state index is 12.9. The summed E-state index contributed by atoms with van der Waals surface area (Å²) in [7, 11) is 3.53. The molecule has 0 saturated heterocycles. The summed E-state index contributed by atoms with van der Waals surface area (Å²) in [4.78, 5) is 6.01. The number of aliphatic imine (C=N–C) groups is 1. The Labute approximate surface area is 175 Å². The van der Waals surface area contributed by atoms with E-state index in [0.29, 0.717) is 9.98 Å². The maximum atomic E-state index is 12.9. The van der Waals surface area contributed by atoms with Crippen LogP contribution < -0.4 is 4.16 Å². The molecule has 0 aliphatic rings. The summed E-state index contributed by atoms with van der Waals surface area (Å²) in [6.07, 6.45) is -3.07. The van der Waals surface area contributed by atoms with Gasteiger partial charge in [0.2, 0.25) is 0 Å². The molecule has 0 bridgehead atoms. The van der Waals surface area contributed by atoms with Crippen LogP contribution in [-0.2, 0) is 19.8 Å². The Morgan fingerprint density at radius 3 is 2.35 bits per heavy atom. The molecule has 12 heteroatoms. The molecule has 1 aromatic carbocycles. The zero-order valence-corrected chi connectivity index (χ0v) is 20.1. The molecule has 2 rings (SSSR count). The van der Waals surface area contributed by atoms with Gasteiger partial charge in [0.1, 0.15) is 0 Å². The Bertz CT molecular complexity index is 882. The molecule has 0 saturated carbocycles. The number of nitrogens with zero attached hydrogens (tertiary/aromatic N) is 5. The van der Waals surface area contributed by atoms with Gasteiger partial charge in [0.15, 0.2) is 0 Å². The first-order chi connectivity index (χ1) is 12.1. The van der Waals surface area contributed by atoms with Crippen LogP contribution in [0.4, 0.5) is 19.0 Å². The average Bonchev–Trinajstić information content (AvgIpc) is 2.88. The summed E-state index contributed by atoms with van der Waals surface area (Å²) in [5.41, 5.74) is -0.728. The number of rotatable bonds is 4. The number of hydrogen-bond acceptors (Lipinski definition) is 3. The molecule has 0 radical (unpaired) electrons. The van der Waals surface area contributed by atoms with Crippen LogP contribution >= 0.6 is 43.0 Å². The van der Waals surface area contributed by atoms with Gasteiger partial charge < -0.3 is 0 Å². The molecule has 0 fully saturated rings. The normalized spacial score (nSPS) is 11.5. The predicted octanol–water partition coefficient (Wildman–Crippen LogP) is 4.35. The summed E-state index contributed by atoms with van der Waals surface area (Å²) in [6, 6.07) is 3.55. The van der Waals surface area contributed by atoms with E-state index in [1.54, 1.807) is 19.0 Å². The second-order valence-corrected chi connectivity index (χ2v) is 12.1. The molecule has 26 heavy (non-hydrogen) atoms. The molecule has 0 amide bonds. The fourth-order valence-corrected chi connectivity index (χ4v) is 7.68. The Kier molecular flexibility index (Phi) is 6.94. The molecular weight excluding hydrogens is 558 g/mol. The first kappa shape index (κ1) is 21.4. The second kappa shape index (κ2) is 8.42. The first-order valence-electron chi connectivity index (χ1n) is 6.95. The average molecular weight is 567 g/mol. The van der Waals surface area contributed by atoms with Gasteiger partial charge >= 0.3 is 176 Å². The molecule has 0 atom stereocenters. The van der Waals surface area contributed by atoms with Gasteiger partial charge in [-0.1, -0.05) is 0 Å². The van der Waals surface area contributed by atoms with Gasteiger partial charge in [0.05, 0.1) is 0 Å². The van der Waals surface area contributed by atoms with Gasteiger partial charge in [-0.15, -0.1) is 0 Å². The zero-order chi connectivity index (χ0) is 19.6. The number of nitriles is 1. The topological polar surface area (TPSA) is 57.2 Å². The van der Waals surface area contributed by atoms with E-state index in [9.17, 15) is 18.4 Å². The van der Waals surface area contributed by atoms with Gasteiger partial charge in [0.25, 0.3) is 0 Å². The minimum absolute atomic E-state index is 0.0576. The van der Waals surface area contributed by atoms with Gasteiger partial charge in [0, 0.05) is 0 Å². The Balaban J connectivity index is 2.77. The third-order valence-electron chi connectivity index (χ3n) is 3.16. The van der Waals surface area contributed by atoms with Gasteiger partial charge in [-0.2, -0.15) is 0 Å². The van der Waals surface area contributed by atoms with Crippen LogP contribution in [0.2, 0.25) is 10.0 Å². The summed E-state index contributed by atoms with van der Waals surface area (Å²) in [5, 5.41) is 13.0. The Morgan fingerprint density at radius 1 is 1.35 bits per heavy atom. The van der Waals surface area contributed by atoms with E-state index < -0.39 is 25.4 Å². The monoisotopic (exact) mass is 565 g/mol. The predicted molar refractivity (Wildman–Crippen MR) is 98.8 cm³/mol. The van der Waals surface area contributed by atoms with E-state index in [1.165, 1.54) is 11.0 Å². The van der Waals surface area contributed by atoms with E-state index in [0.717, 1.165) is 12.1 Å². The molecule has 0 aliphatic heterocycles. The van der Waals surface area contributed by atoms with Crippen molar-refractivity contribution in [2.75, 3.05) is 14.1 Å². The van der Waals surface area contributed by atoms with Crippen molar-refractivity contribution in [3.63, 3.8) is 0 Å². The summed E-state index contributed by atoms with van der Waals surface area (Å²) in [5.74, 6) is 0.355. The van der Waals surface area contributed by atoms with Crippen molar-refractivity contribution in [1.82, 2.24) is 14.7 Å². The Morgan fingerprint density at radius 2 is 1.92 bits per heavy atom. The molecule has 134 valence electrons. The molecule has 0 aliphatic carbocycles. The summed E-state index contributed by atoms with van der Waals surface area (Å²) >= 11 is 13.0. The van der Waals surface area contributed by atoms with Gasteiger partial charge in [-0.3, -0.25) is 0 Å². The van der Waals surface area contributed by atoms with Crippen molar-refractivity contribution >= 4 is 59.3 Å². The fourth-order valence-electron chi connectivity index (χ4n) is 2.04. The van der Waals surface area contributed by atoms with E-state index in [2.05, 4.69) is 29.8 Å². The minimum atomic E-state index is -4.58. The Hall–Kier alpha value is -0.887. The summed E-state index contributed by atoms with van der Waals surface area (Å²) < 4.78 is 40.8. The van der Waals surface area contributed by atoms with Gasteiger partial charge in [-0.25, -0.2) is 0 Å². The quantitative estimate of drug-likeness (QED) is 0.239. The number of alkyl halides is 3.